The third kappa shape index (κ3) is 6.01. The highest BCUT2D eigenvalue weighted by molar-refractivity contribution is 7.17. The van der Waals surface area contributed by atoms with Crippen molar-refractivity contribution in [3.63, 3.8) is 0 Å². The standard InChI is InChI=1S/C51H34N2S/c1-3-7-42-31-44(15-11-35(42)5-1)39-19-25-47(26-20-39)53(48-27-21-40(22-28-48)45-16-12-36-6-2-4-8-43(36)32-45)46-23-17-38(18-24-46)37-9-13-41(14-10-37)50-34-54-51-29-30-52-33-49(50)51/h1-34H. The van der Waals surface area contributed by atoms with E-state index in [9.17, 15) is 0 Å². The summed E-state index contributed by atoms with van der Waals surface area (Å²) in [6.07, 6.45) is 3.83. The molecule has 2 nitrogen and oxygen atoms in total. The van der Waals surface area contributed by atoms with Crippen molar-refractivity contribution in [3.05, 3.63) is 206 Å². The van der Waals surface area contributed by atoms with E-state index >= 15 is 0 Å². The van der Waals surface area contributed by atoms with Gasteiger partial charge in [0.15, 0.2) is 0 Å². The molecule has 0 amide bonds. The van der Waals surface area contributed by atoms with Crippen LogP contribution in [0.5, 0.6) is 0 Å². The number of fused-ring (bicyclic) bond motifs is 3. The van der Waals surface area contributed by atoms with E-state index in [1.54, 1.807) is 11.3 Å². The zero-order valence-electron chi connectivity index (χ0n) is 29.4. The molecule has 0 aliphatic carbocycles. The Morgan fingerprint density at radius 2 is 0.778 bits per heavy atom. The molecule has 0 spiro atoms. The maximum Gasteiger partial charge on any atom is 0.0462 e. The summed E-state index contributed by atoms with van der Waals surface area (Å²) in [6.45, 7) is 0. The van der Waals surface area contributed by atoms with Gasteiger partial charge in [0.2, 0.25) is 0 Å². The molecule has 0 saturated heterocycles. The smallest absolute Gasteiger partial charge is 0.0462 e. The molecule has 0 atom stereocenters. The third-order valence-corrected chi connectivity index (χ3v) is 11.4. The molecule has 2 heterocycles. The van der Waals surface area contributed by atoms with Crippen LogP contribution in [0.25, 0.3) is 76.1 Å². The first-order chi connectivity index (χ1) is 26.7. The summed E-state index contributed by atoms with van der Waals surface area (Å²) in [7, 11) is 0. The number of pyridine rings is 1. The number of thiophene rings is 1. The fourth-order valence-corrected chi connectivity index (χ4v) is 8.47. The van der Waals surface area contributed by atoms with Crippen molar-refractivity contribution >= 4 is 60.0 Å². The van der Waals surface area contributed by atoms with Crippen LogP contribution in [0.2, 0.25) is 0 Å². The second-order valence-electron chi connectivity index (χ2n) is 13.7. The van der Waals surface area contributed by atoms with Gasteiger partial charge >= 0.3 is 0 Å². The predicted octanol–water partition coefficient (Wildman–Crippen LogP) is 14.7. The summed E-state index contributed by atoms with van der Waals surface area (Å²) in [5.74, 6) is 0. The molecule has 0 bridgehead atoms. The highest BCUT2D eigenvalue weighted by Crippen LogP contribution is 2.39. The Hall–Kier alpha value is -6.81. The summed E-state index contributed by atoms with van der Waals surface area (Å²) in [6, 6.07) is 68.2. The molecule has 0 N–H and O–H groups in total. The molecule has 10 aromatic rings. The molecule has 0 aliphatic rings. The van der Waals surface area contributed by atoms with Gasteiger partial charge in [0, 0.05) is 45.1 Å². The molecule has 0 fully saturated rings. The van der Waals surface area contributed by atoms with Crippen LogP contribution in [0.15, 0.2) is 206 Å². The molecular weight excluding hydrogens is 673 g/mol. The van der Waals surface area contributed by atoms with Crippen LogP contribution in [0.4, 0.5) is 17.1 Å². The molecule has 0 saturated carbocycles. The summed E-state index contributed by atoms with van der Waals surface area (Å²) >= 11 is 1.76. The number of aromatic nitrogens is 1. The van der Waals surface area contributed by atoms with Gasteiger partial charge in [-0.05, 0) is 120 Å². The second kappa shape index (κ2) is 13.6. The fourth-order valence-electron chi connectivity index (χ4n) is 7.53. The first-order valence-electron chi connectivity index (χ1n) is 18.2. The van der Waals surface area contributed by atoms with E-state index in [-0.39, 0.29) is 0 Å². The van der Waals surface area contributed by atoms with E-state index < -0.39 is 0 Å². The lowest BCUT2D eigenvalue weighted by atomic mass is 9.99. The van der Waals surface area contributed by atoms with E-state index in [2.05, 4.69) is 203 Å². The Bertz CT molecular complexity index is 2780. The largest absolute Gasteiger partial charge is 0.311 e. The van der Waals surface area contributed by atoms with Crippen LogP contribution in [-0.2, 0) is 0 Å². The molecule has 54 heavy (non-hydrogen) atoms. The average Bonchev–Trinajstić information content (AvgIpc) is 3.69. The summed E-state index contributed by atoms with van der Waals surface area (Å²) in [5, 5.41) is 8.44. The Kier molecular flexibility index (Phi) is 8.05. The molecule has 254 valence electrons. The minimum absolute atomic E-state index is 1.10. The summed E-state index contributed by atoms with van der Waals surface area (Å²) < 4.78 is 1.26. The fraction of sp³-hybridized carbons (Fsp3) is 0. The zero-order chi connectivity index (χ0) is 35.8. The number of rotatable bonds is 7. The van der Waals surface area contributed by atoms with E-state index in [1.807, 2.05) is 12.4 Å². The quantitative estimate of drug-likeness (QED) is 0.164. The molecular formula is C51H34N2S. The Morgan fingerprint density at radius 1 is 0.370 bits per heavy atom. The Morgan fingerprint density at radius 3 is 1.28 bits per heavy atom. The van der Waals surface area contributed by atoms with Crippen molar-refractivity contribution in [3.8, 4) is 44.5 Å². The first kappa shape index (κ1) is 31.9. The van der Waals surface area contributed by atoms with Crippen molar-refractivity contribution in [2.75, 3.05) is 4.90 Å². The molecule has 0 unspecified atom stereocenters. The molecule has 10 rings (SSSR count). The van der Waals surface area contributed by atoms with Crippen LogP contribution in [-0.4, -0.2) is 4.98 Å². The van der Waals surface area contributed by atoms with E-state index in [0.717, 1.165) is 17.1 Å². The minimum Gasteiger partial charge on any atom is -0.311 e. The predicted molar refractivity (Wildman–Crippen MR) is 231 cm³/mol. The lowest BCUT2D eigenvalue weighted by molar-refractivity contribution is 1.28. The maximum atomic E-state index is 4.36. The van der Waals surface area contributed by atoms with Gasteiger partial charge in [-0.15, -0.1) is 11.3 Å². The highest BCUT2D eigenvalue weighted by atomic mass is 32.1. The van der Waals surface area contributed by atoms with Gasteiger partial charge in [0.1, 0.15) is 0 Å². The molecule has 2 aromatic heterocycles. The Balaban J connectivity index is 0.985. The number of hydrogen-bond acceptors (Lipinski definition) is 3. The number of hydrogen-bond donors (Lipinski definition) is 0. The SMILES string of the molecule is c1ccc2cc(-c3ccc(N(c4ccc(-c5ccc(-c6csc7ccncc67)cc5)cc4)c4ccc(-c5ccc6ccccc6c5)cc4)cc3)ccc2c1. The molecule has 8 aromatic carbocycles. The van der Waals surface area contributed by atoms with E-state index in [1.165, 1.54) is 76.1 Å². The minimum atomic E-state index is 1.10. The number of nitrogens with zero attached hydrogens (tertiary/aromatic N) is 2. The van der Waals surface area contributed by atoms with Gasteiger partial charge in [0.25, 0.3) is 0 Å². The van der Waals surface area contributed by atoms with Crippen molar-refractivity contribution in [2.24, 2.45) is 0 Å². The molecule has 3 heteroatoms. The van der Waals surface area contributed by atoms with Crippen LogP contribution in [0, 0.1) is 0 Å². The van der Waals surface area contributed by atoms with E-state index in [0.29, 0.717) is 0 Å². The normalized spacial score (nSPS) is 11.3. The highest BCUT2D eigenvalue weighted by Gasteiger charge is 2.15. The van der Waals surface area contributed by atoms with Crippen molar-refractivity contribution in [2.45, 2.75) is 0 Å². The average molecular weight is 707 g/mol. The third-order valence-electron chi connectivity index (χ3n) is 10.4. The van der Waals surface area contributed by atoms with Crippen molar-refractivity contribution in [1.82, 2.24) is 4.98 Å². The number of benzene rings is 8. The Labute approximate surface area is 318 Å². The molecule has 0 aliphatic heterocycles. The van der Waals surface area contributed by atoms with Crippen LogP contribution >= 0.6 is 11.3 Å². The van der Waals surface area contributed by atoms with Gasteiger partial charge < -0.3 is 4.90 Å². The maximum absolute atomic E-state index is 4.36. The topological polar surface area (TPSA) is 16.1 Å². The second-order valence-corrected chi connectivity index (χ2v) is 14.6. The lowest BCUT2D eigenvalue weighted by Gasteiger charge is -2.26. The van der Waals surface area contributed by atoms with Crippen molar-refractivity contribution < 1.29 is 0 Å². The van der Waals surface area contributed by atoms with Crippen LogP contribution < -0.4 is 4.90 Å². The van der Waals surface area contributed by atoms with Crippen LogP contribution in [0.1, 0.15) is 0 Å². The summed E-state index contributed by atoms with van der Waals surface area (Å²) in [5.41, 5.74) is 12.9. The zero-order valence-corrected chi connectivity index (χ0v) is 30.2. The van der Waals surface area contributed by atoms with Gasteiger partial charge in [0.05, 0.1) is 0 Å². The monoisotopic (exact) mass is 706 g/mol. The summed E-state index contributed by atoms with van der Waals surface area (Å²) in [4.78, 5) is 6.71. The molecule has 0 radical (unpaired) electrons. The van der Waals surface area contributed by atoms with Crippen molar-refractivity contribution in [1.29, 1.82) is 0 Å². The lowest BCUT2D eigenvalue weighted by Crippen LogP contribution is -2.09. The van der Waals surface area contributed by atoms with Gasteiger partial charge in [-0.3, -0.25) is 4.98 Å². The first-order valence-corrected chi connectivity index (χ1v) is 19.1. The number of anilines is 3. The van der Waals surface area contributed by atoms with Gasteiger partial charge in [-0.25, -0.2) is 0 Å². The van der Waals surface area contributed by atoms with Gasteiger partial charge in [-0.1, -0.05) is 133 Å². The van der Waals surface area contributed by atoms with E-state index in [4.69, 9.17) is 0 Å². The van der Waals surface area contributed by atoms with Gasteiger partial charge in [-0.2, -0.15) is 0 Å². The van der Waals surface area contributed by atoms with Crippen LogP contribution in [0.3, 0.4) is 0 Å².